The van der Waals surface area contributed by atoms with Crippen molar-refractivity contribution in [2.24, 2.45) is 0 Å². The molecule has 1 aromatic rings. The molecule has 0 fully saturated rings. The molecular formula is C14H4F2. The lowest BCUT2D eigenvalue weighted by molar-refractivity contribution is 0.589. The molecule has 74 valence electrons. The maximum absolute atomic E-state index is 13.7. The summed E-state index contributed by atoms with van der Waals surface area (Å²) in [7, 11) is 0. The van der Waals surface area contributed by atoms with Crippen molar-refractivity contribution in [3.05, 3.63) is 33.9 Å². The van der Waals surface area contributed by atoms with Gasteiger partial charge in [0, 0.05) is 0 Å². The van der Waals surface area contributed by atoms with Crippen LogP contribution in [0.3, 0.4) is 0 Å². The van der Waals surface area contributed by atoms with Crippen molar-refractivity contribution in [2.75, 3.05) is 0 Å². The van der Waals surface area contributed by atoms with E-state index < -0.39 is 11.6 Å². The Morgan fingerprint density at radius 1 is 0.562 bits per heavy atom. The van der Waals surface area contributed by atoms with Gasteiger partial charge < -0.3 is 0 Å². The summed E-state index contributed by atoms with van der Waals surface area (Å²) in [5.41, 5.74) is -1.53. The summed E-state index contributed by atoms with van der Waals surface area (Å²) in [6.45, 7) is 0. The Bertz CT molecular complexity index is 513. The van der Waals surface area contributed by atoms with Crippen molar-refractivity contribution in [3.8, 4) is 49.4 Å². The van der Waals surface area contributed by atoms with Crippen LogP contribution in [0.4, 0.5) is 8.78 Å². The lowest BCUT2D eigenvalue weighted by Gasteiger charge is -2.07. The Balaban J connectivity index is 3.98. The van der Waals surface area contributed by atoms with Crippen molar-refractivity contribution in [1.82, 2.24) is 0 Å². The van der Waals surface area contributed by atoms with Crippen LogP contribution in [0.1, 0.15) is 22.3 Å². The molecule has 0 nitrogen and oxygen atoms in total. The summed E-state index contributed by atoms with van der Waals surface area (Å²) in [5.74, 6) is 5.96. The summed E-state index contributed by atoms with van der Waals surface area (Å²) in [6, 6.07) is 0. The van der Waals surface area contributed by atoms with E-state index in [2.05, 4.69) is 0 Å². The van der Waals surface area contributed by atoms with E-state index >= 15 is 0 Å². The van der Waals surface area contributed by atoms with Crippen LogP contribution in [0.15, 0.2) is 0 Å². The number of benzene rings is 1. The molecule has 1 aromatic carbocycles. The third-order valence-electron chi connectivity index (χ3n) is 1.96. The van der Waals surface area contributed by atoms with Gasteiger partial charge in [-0.3, -0.25) is 0 Å². The van der Waals surface area contributed by atoms with E-state index in [1.807, 2.05) is 23.7 Å². The molecule has 0 radical (unpaired) electrons. The van der Waals surface area contributed by atoms with Crippen molar-refractivity contribution in [1.29, 1.82) is 0 Å². The fourth-order valence-corrected chi connectivity index (χ4v) is 1.23. The van der Waals surface area contributed by atoms with Gasteiger partial charge in [0.25, 0.3) is 0 Å². The molecule has 0 aliphatic heterocycles. The monoisotopic (exact) mass is 210 g/mol. The van der Waals surface area contributed by atoms with E-state index in [1.54, 1.807) is 0 Å². The minimum atomic E-state index is -0.938. The number of halogens is 2. The highest BCUT2D eigenvalue weighted by molar-refractivity contribution is 5.62. The molecule has 0 unspecified atom stereocenters. The van der Waals surface area contributed by atoms with E-state index in [-0.39, 0.29) is 22.3 Å². The Hall–Kier alpha value is -2.68. The van der Waals surface area contributed by atoms with Crippen molar-refractivity contribution < 1.29 is 8.78 Å². The largest absolute Gasteiger partial charge is 0.204 e. The molecule has 2 heteroatoms. The number of hydrogen-bond donors (Lipinski definition) is 0. The second-order valence-corrected chi connectivity index (χ2v) is 2.71. The number of hydrogen-bond acceptors (Lipinski definition) is 0. The van der Waals surface area contributed by atoms with E-state index in [9.17, 15) is 8.78 Å². The second-order valence-electron chi connectivity index (χ2n) is 2.71. The SMILES string of the molecule is C#Cc1c(F)c(C#C)c(C#C)c(F)c1C#C. The van der Waals surface area contributed by atoms with Crippen LogP contribution >= 0.6 is 0 Å². The summed E-state index contributed by atoms with van der Waals surface area (Å²) in [4.78, 5) is 0. The minimum Gasteiger partial charge on any atom is -0.204 e. The molecule has 0 N–H and O–H groups in total. The summed E-state index contributed by atoms with van der Waals surface area (Å²) < 4.78 is 27.4. The van der Waals surface area contributed by atoms with Gasteiger partial charge in [-0.15, -0.1) is 25.7 Å². The molecule has 0 atom stereocenters. The topological polar surface area (TPSA) is 0 Å². The first kappa shape index (κ1) is 11.4. The average Bonchev–Trinajstić information content (AvgIpc) is 2.30. The van der Waals surface area contributed by atoms with Crippen LogP contribution in [-0.4, -0.2) is 0 Å². The van der Waals surface area contributed by atoms with Gasteiger partial charge >= 0.3 is 0 Å². The maximum Gasteiger partial charge on any atom is 0.157 e. The van der Waals surface area contributed by atoms with Crippen LogP contribution < -0.4 is 0 Å². The fraction of sp³-hybridized carbons (Fsp3) is 0. The highest BCUT2D eigenvalue weighted by atomic mass is 19.1. The van der Waals surface area contributed by atoms with Gasteiger partial charge in [0.15, 0.2) is 11.6 Å². The molecule has 0 aliphatic carbocycles. The molecule has 0 spiro atoms. The predicted molar refractivity (Wildman–Crippen MR) is 58.1 cm³/mol. The van der Waals surface area contributed by atoms with Gasteiger partial charge in [0.2, 0.25) is 0 Å². The first-order chi connectivity index (χ1) is 7.62. The van der Waals surface area contributed by atoms with Gasteiger partial charge in [0.1, 0.15) is 0 Å². The van der Waals surface area contributed by atoms with Crippen molar-refractivity contribution in [3.63, 3.8) is 0 Å². The van der Waals surface area contributed by atoms with E-state index in [0.29, 0.717) is 0 Å². The molecular weight excluding hydrogens is 206 g/mol. The van der Waals surface area contributed by atoms with Gasteiger partial charge in [-0.05, 0) is 0 Å². The zero-order valence-electron chi connectivity index (χ0n) is 8.07. The normalized spacial score (nSPS) is 8.38. The van der Waals surface area contributed by atoms with Crippen LogP contribution in [-0.2, 0) is 0 Å². The quantitative estimate of drug-likeness (QED) is 0.573. The van der Waals surface area contributed by atoms with Crippen LogP contribution in [0.5, 0.6) is 0 Å². The third kappa shape index (κ3) is 1.40. The zero-order chi connectivity index (χ0) is 12.3. The summed E-state index contributed by atoms with van der Waals surface area (Å²) in [6.07, 6.45) is 20.2. The minimum absolute atomic E-state index is 0.382. The van der Waals surface area contributed by atoms with Gasteiger partial charge in [-0.25, -0.2) is 8.78 Å². The lowest BCUT2D eigenvalue weighted by Crippen LogP contribution is -2.03. The van der Waals surface area contributed by atoms with E-state index in [0.717, 1.165) is 0 Å². The molecule has 16 heavy (non-hydrogen) atoms. The smallest absolute Gasteiger partial charge is 0.157 e. The van der Waals surface area contributed by atoms with Gasteiger partial charge in [-0.2, -0.15) is 0 Å². The van der Waals surface area contributed by atoms with E-state index in [1.165, 1.54) is 0 Å². The zero-order valence-corrected chi connectivity index (χ0v) is 8.07. The Morgan fingerprint density at radius 2 is 0.750 bits per heavy atom. The maximum atomic E-state index is 13.7. The summed E-state index contributed by atoms with van der Waals surface area (Å²) in [5, 5.41) is 0. The van der Waals surface area contributed by atoms with Crippen LogP contribution in [0, 0.1) is 61.0 Å². The Labute approximate surface area is 92.7 Å². The number of terminal acetylenes is 4. The molecule has 0 aliphatic rings. The fourth-order valence-electron chi connectivity index (χ4n) is 1.23. The highest BCUT2D eigenvalue weighted by Gasteiger charge is 2.20. The lowest BCUT2D eigenvalue weighted by atomic mass is 9.97. The first-order valence-electron chi connectivity index (χ1n) is 4.03. The third-order valence-corrected chi connectivity index (χ3v) is 1.96. The van der Waals surface area contributed by atoms with Crippen molar-refractivity contribution >= 4 is 0 Å². The Morgan fingerprint density at radius 3 is 0.875 bits per heavy atom. The second kappa shape index (κ2) is 4.23. The first-order valence-corrected chi connectivity index (χ1v) is 4.03. The number of rotatable bonds is 0. The van der Waals surface area contributed by atoms with Crippen molar-refractivity contribution in [2.45, 2.75) is 0 Å². The van der Waals surface area contributed by atoms with Crippen LogP contribution in [0.2, 0.25) is 0 Å². The molecule has 1 rings (SSSR count). The predicted octanol–water partition coefficient (Wildman–Crippen LogP) is 1.89. The standard InChI is InChI=1S/C14H4F2/c1-5-9-10(6-2)14(16)12(8-4)11(7-3)13(9)15/h1-4H. The van der Waals surface area contributed by atoms with Crippen LogP contribution in [0.25, 0.3) is 0 Å². The average molecular weight is 210 g/mol. The summed E-state index contributed by atoms with van der Waals surface area (Å²) >= 11 is 0. The molecule has 0 amide bonds. The molecule has 0 saturated carbocycles. The van der Waals surface area contributed by atoms with Gasteiger partial charge in [0.05, 0.1) is 22.3 Å². The molecule has 0 heterocycles. The molecule has 0 saturated heterocycles. The van der Waals surface area contributed by atoms with E-state index in [4.69, 9.17) is 25.7 Å². The van der Waals surface area contributed by atoms with Gasteiger partial charge in [-0.1, -0.05) is 23.7 Å². The highest BCUT2D eigenvalue weighted by Crippen LogP contribution is 2.24. The Kier molecular flexibility index (Phi) is 3.01. The molecule has 0 aromatic heterocycles. The molecule has 0 bridgehead atoms.